The lowest BCUT2D eigenvalue weighted by Gasteiger charge is -2.14. The highest BCUT2D eigenvalue weighted by molar-refractivity contribution is 5.90. The van der Waals surface area contributed by atoms with Crippen molar-refractivity contribution >= 4 is 16.5 Å². The lowest BCUT2D eigenvalue weighted by atomic mass is 10.00. The molecule has 0 aliphatic carbocycles. The van der Waals surface area contributed by atoms with Crippen LogP contribution < -0.4 is 5.32 Å². The van der Waals surface area contributed by atoms with Crippen molar-refractivity contribution in [3.8, 4) is 0 Å². The van der Waals surface area contributed by atoms with E-state index >= 15 is 0 Å². The van der Waals surface area contributed by atoms with Gasteiger partial charge in [0.1, 0.15) is 11.6 Å². The Hall–Kier alpha value is -1.85. The average molecular weight is 275 g/mol. The summed E-state index contributed by atoms with van der Waals surface area (Å²) < 4.78 is 69.1. The van der Waals surface area contributed by atoms with Crippen LogP contribution in [0.1, 0.15) is 11.1 Å². The summed E-state index contributed by atoms with van der Waals surface area (Å²) in [4.78, 5) is 0. The van der Waals surface area contributed by atoms with E-state index in [9.17, 15) is 22.0 Å². The van der Waals surface area contributed by atoms with Crippen molar-refractivity contribution < 1.29 is 22.0 Å². The number of benzene rings is 2. The number of nitrogens with one attached hydrogen (secondary N) is 1. The van der Waals surface area contributed by atoms with Crippen LogP contribution in [0.15, 0.2) is 0 Å². The second-order valence-corrected chi connectivity index (χ2v) is 4.19. The summed E-state index contributed by atoms with van der Waals surface area (Å²) in [6, 6.07) is 0. The molecule has 6 heteroatoms. The van der Waals surface area contributed by atoms with Crippen LogP contribution in [0.25, 0.3) is 10.8 Å². The Morgan fingerprint density at radius 1 is 0.632 bits per heavy atom. The summed E-state index contributed by atoms with van der Waals surface area (Å²) in [7, 11) is 1.32. The minimum atomic E-state index is -1.59. The van der Waals surface area contributed by atoms with Gasteiger partial charge in [-0.3, -0.25) is 0 Å². The van der Waals surface area contributed by atoms with Crippen LogP contribution in [-0.4, -0.2) is 7.05 Å². The van der Waals surface area contributed by atoms with Crippen molar-refractivity contribution in [1.29, 1.82) is 0 Å². The molecule has 1 N–H and O–H groups in total. The maximum Gasteiger partial charge on any atom is 0.170 e. The maximum atomic E-state index is 14.1. The number of hydrogen-bond donors (Lipinski definition) is 1. The highest BCUT2D eigenvalue weighted by Crippen LogP contribution is 2.36. The number of fused-ring (bicyclic) bond motifs is 1. The van der Waals surface area contributed by atoms with Crippen LogP contribution in [0.3, 0.4) is 0 Å². The molecule has 19 heavy (non-hydrogen) atoms. The SMILES string of the molecule is CNc1c(C)c(F)c2c(F)c(F)c(C)c(F)c2c1F. The first-order chi connectivity index (χ1) is 8.82. The molecule has 102 valence electrons. The zero-order valence-corrected chi connectivity index (χ0v) is 10.4. The number of anilines is 1. The maximum absolute atomic E-state index is 14.1. The van der Waals surface area contributed by atoms with Crippen LogP contribution in [0.2, 0.25) is 0 Å². The topological polar surface area (TPSA) is 12.0 Å². The zero-order chi connectivity index (χ0) is 14.5. The van der Waals surface area contributed by atoms with E-state index in [1.165, 1.54) is 14.0 Å². The van der Waals surface area contributed by atoms with E-state index in [1.807, 2.05) is 0 Å². The molecule has 0 saturated heterocycles. The molecule has 2 aromatic carbocycles. The highest BCUT2D eigenvalue weighted by atomic mass is 19.2. The molecule has 2 rings (SSSR count). The Morgan fingerprint density at radius 3 is 1.63 bits per heavy atom. The molecule has 2 aromatic rings. The molecule has 0 aromatic heterocycles. The standard InChI is InChI=1S/C13H10F5N/c1-4-8(14)7-6(11(17)10(4)16)9(15)5(2)13(19-3)12(7)18/h19H,1-3H3. The largest absolute Gasteiger partial charge is 0.385 e. The predicted octanol–water partition coefficient (Wildman–Crippen LogP) is 4.19. The van der Waals surface area contributed by atoms with E-state index in [2.05, 4.69) is 5.32 Å². The zero-order valence-electron chi connectivity index (χ0n) is 10.4. The molecular weight excluding hydrogens is 265 g/mol. The van der Waals surface area contributed by atoms with Gasteiger partial charge in [-0.1, -0.05) is 0 Å². The molecule has 0 bridgehead atoms. The Kier molecular flexibility index (Phi) is 3.12. The number of halogens is 5. The third-order valence-electron chi connectivity index (χ3n) is 3.15. The molecule has 0 heterocycles. The fraction of sp³-hybridized carbons (Fsp3) is 0.231. The summed E-state index contributed by atoms with van der Waals surface area (Å²) in [5.41, 5.74) is -1.21. The van der Waals surface area contributed by atoms with Crippen LogP contribution >= 0.6 is 0 Å². The third kappa shape index (κ3) is 1.66. The smallest absolute Gasteiger partial charge is 0.170 e. The monoisotopic (exact) mass is 275 g/mol. The van der Waals surface area contributed by atoms with Gasteiger partial charge in [0.05, 0.1) is 16.5 Å². The van der Waals surface area contributed by atoms with Crippen LogP contribution in [0.5, 0.6) is 0 Å². The minimum Gasteiger partial charge on any atom is -0.385 e. The first-order valence-electron chi connectivity index (χ1n) is 5.44. The van der Waals surface area contributed by atoms with E-state index in [4.69, 9.17) is 0 Å². The van der Waals surface area contributed by atoms with Crippen molar-refractivity contribution in [2.24, 2.45) is 0 Å². The van der Waals surface area contributed by atoms with E-state index in [-0.39, 0.29) is 11.3 Å². The number of rotatable bonds is 1. The van der Waals surface area contributed by atoms with Crippen LogP contribution in [-0.2, 0) is 0 Å². The van der Waals surface area contributed by atoms with E-state index < -0.39 is 45.4 Å². The van der Waals surface area contributed by atoms with Crippen LogP contribution in [0.4, 0.5) is 27.6 Å². The first-order valence-corrected chi connectivity index (χ1v) is 5.44. The minimum absolute atomic E-state index is 0.242. The molecule has 0 unspecified atom stereocenters. The van der Waals surface area contributed by atoms with Crippen molar-refractivity contribution in [2.45, 2.75) is 13.8 Å². The molecule has 0 atom stereocenters. The molecule has 1 nitrogen and oxygen atoms in total. The summed E-state index contributed by atoms with van der Waals surface area (Å²) >= 11 is 0. The summed E-state index contributed by atoms with van der Waals surface area (Å²) in [5.74, 6) is -6.73. The molecule has 0 saturated carbocycles. The molecule has 0 fully saturated rings. The van der Waals surface area contributed by atoms with Gasteiger partial charge < -0.3 is 5.32 Å². The van der Waals surface area contributed by atoms with E-state index in [0.717, 1.165) is 6.92 Å². The Bertz CT molecular complexity index is 694. The molecule has 0 aliphatic heterocycles. The Balaban J connectivity index is 3.18. The molecular formula is C13H10F5N. The lowest BCUT2D eigenvalue weighted by molar-refractivity contribution is 0.489. The van der Waals surface area contributed by atoms with Crippen molar-refractivity contribution in [1.82, 2.24) is 0 Å². The summed E-state index contributed by atoms with van der Waals surface area (Å²) in [6.07, 6.45) is 0. The fourth-order valence-electron chi connectivity index (χ4n) is 2.07. The quantitative estimate of drug-likeness (QED) is 0.607. The molecule has 0 aliphatic rings. The summed E-state index contributed by atoms with van der Waals surface area (Å²) in [5, 5.41) is 0.489. The van der Waals surface area contributed by atoms with Gasteiger partial charge in [0.15, 0.2) is 17.5 Å². The molecule has 0 spiro atoms. The Labute approximate surface area is 106 Å². The van der Waals surface area contributed by atoms with Gasteiger partial charge in [0.2, 0.25) is 0 Å². The normalized spacial score (nSPS) is 11.2. The van der Waals surface area contributed by atoms with Gasteiger partial charge in [-0.15, -0.1) is 0 Å². The highest BCUT2D eigenvalue weighted by Gasteiger charge is 2.26. The molecule has 0 amide bonds. The first kappa shape index (κ1) is 13.6. The van der Waals surface area contributed by atoms with Gasteiger partial charge >= 0.3 is 0 Å². The van der Waals surface area contributed by atoms with Crippen LogP contribution in [0, 0.1) is 42.9 Å². The second kappa shape index (κ2) is 4.36. The van der Waals surface area contributed by atoms with Crippen molar-refractivity contribution in [3.63, 3.8) is 0 Å². The predicted molar refractivity (Wildman–Crippen MR) is 62.8 cm³/mol. The van der Waals surface area contributed by atoms with Gasteiger partial charge in [-0.25, -0.2) is 22.0 Å². The fourth-order valence-corrected chi connectivity index (χ4v) is 2.07. The number of hydrogen-bond acceptors (Lipinski definition) is 1. The summed E-state index contributed by atoms with van der Waals surface area (Å²) in [6.45, 7) is 2.15. The third-order valence-corrected chi connectivity index (χ3v) is 3.15. The second-order valence-electron chi connectivity index (χ2n) is 4.19. The van der Waals surface area contributed by atoms with E-state index in [1.54, 1.807) is 0 Å². The van der Waals surface area contributed by atoms with Gasteiger partial charge in [-0.05, 0) is 13.8 Å². The molecule has 0 radical (unpaired) electrons. The Morgan fingerprint density at radius 2 is 1.11 bits per heavy atom. The van der Waals surface area contributed by atoms with Crippen molar-refractivity contribution in [3.05, 3.63) is 40.2 Å². The van der Waals surface area contributed by atoms with Gasteiger partial charge in [-0.2, -0.15) is 0 Å². The van der Waals surface area contributed by atoms with Gasteiger partial charge in [0.25, 0.3) is 0 Å². The van der Waals surface area contributed by atoms with Gasteiger partial charge in [0, 0.05) is 18.2 Å². The van der Waals surface area contributed by atoms with E-state index in [0.29, 0.717) is 0 Å². The lowest BCUT2D eigenvalue weighted by Crippen LogP contribution is -2.06. The van der Waals surface area contributed by atoms with Crippen molar-refractivity contribution in [2.75, 3.05) is 12.4 Å². The average Bonchev–Trinajstić information content (AvgIpc) is 2.38.